The molecule has 1 aromatic carbocycles. The number of amides is 1. The van der Waals surface area contributed by atoms with Gasteiger partial charge in [0.1, 0.15) is 0 Å². The number of hydrogen-bond donors (Lipinski definition) is 1. The van der Waals surface area contributed by atoms with Crippen LogP contribution in [-0.2, 0) is 14.6 Å². The number of carbonyl (C=O) groups excluding carboxylic acids is 1. The number of hydrogen-bond acceptors (Lipinski definition) is 3. The Kier molecular flexibility index (Phi) is 4.62. The second-order valence-corrected chi connectivity index (χ2v) is 8.03. The molecule has 1 aromatic rings. The Labute approximate surface area is 121 Å². The summed E-state index contributed by atoms with van der Waals surface area (Å²) in [6, 6.07) is 7.34. The van der Waals surface area contributed by atoms with Crippen molar-refractivity contribution in [3.63, 3.8) is 0 Å². The molecule has 1 saturated heterocycles. The maximum atomic E-state index is 11.9. The lowest BCUT2D eigenvalue weighted by atomic mass is 10.0. The van der Waals surface area contributed by atoms with Gasteiger partial charge in [-0.3, -0.25) is 4.79 Å². The Hall–Kier alpha value is -0.880. The molecular formula is C13H16BrNO3S. The third kappa shape index (κ3) is 4.62. The van der Waals surface area contributed by atoms with Gasteiger partial charge in [0.15, 0.2) is 9.84 Å². The van der Waals surface area contributed by atoms with Gasteiger partial charge in [0.2, 0.25) is 5.91 Å². The summed E-state index contributed by atoms with van der Waals surface area (Å²) in [5.74, 6) is 0.224. The van der Waals surface area contributed by atoms with E-state index in [4.69, 9.17) is 0 Å². The number of benzene rings is 1. The molecule has 1 unspecified atom stereocenters. The topological polar surface area (TPSA) is 63.2 Å². The smallest absolute Gasteiger partial charge is 0.224 e. The molecule has 2 rings (SSSR count). The first-order valence-corrected chi connectivity index (χ1v) is 8.82. The van der Waals surface area contributed by atoms with Gasteiger partial charge in [-0.1, -0.05) is 22.0 Å². The molecule has 19 heavy (non-hydrogen) atoms. The number of rotatable bonds is 3. The maximum Gasteiger partial charge on any atom is 0.224 e. The molecule has 1 amide bonds. The third-order valence-corrected chi connectivity index (χ3v) is 5.52. The lowest BCUT2D eigenvalue weighted by Gasteiger charge is -2.21. The monoisotopic (exact) mass is 345 g/mol. The first-order valence-electron chi connectivity index (χ1n) is 6.20. The van der Waals surface area contributed by atoms with Crippen LogP contribution in [0.1, 0.15) is 19.3 Å². The van der Waals surface area contributed by atoms with Crippen LogP contribution in [0.4, 0.5) is 5.69 Å². The van der Waals surface area contributed by atoms with E-state index in [1.54, 1.807) is 6.07 Å². The Morgan fingerprint density at radius 1 is 1.42 bits per heavy atom. The van der Waals surface area contributed by atoms with E-state index in [0.717, 1.165) is 16.6 Å². The molecule has 1 atom stereocenters. The highest BCUT2D eigenvalue weighted by Crippen LogP contribution is 2.22. The van der Waals surface area contributed by atoms with Crippen LogP contribution < -0.4 is 5.32 Å². The van der Waals surface area contributed by atoms with Crippen LogP contribution in [0.3, 0.4) is 0 Å². The van der Waals surface area contributed by atoms with Crippen molar-refractivity contribution < 1.29 is 13.2 Å². The van der Waals surface area contributed by atoms with Gasteiger partial charge in [-0.2, -0.15) is 0 Å². The molecule has 6 heteroatoms. The van der Waals surface area contributed by atoms with Crippen molar-refractivity contribution in [1.82, 2.24) is 0 Å². The van der Waals surface area contributed by atoms with Crippen molar-refractivity contribution in [2.24, 2.45) is 5.92 Å². The molecule has 0 saturated carbocycles. The lowest BCUT2D eigenvalue weighted by molar-refractivity contribution is -0.117. The molecule has 0 aromatic heterocycles. The Balaban J connectivity index is 1.91. The Bertz CT molecular complexity index is 571. The maximum absolute atomic E-state index is 11.9. The predicted molar refractivity (Wildman–Crippen MR) is 78.8 cm³/mol. The molecule has 1 N–H and O–H groups in total. The summed E-state index contributed by atoms with van der Waals surface area (Å²) in [5, 5.41) is 2.79. The minimum Gasteiger partial charge on any atom is -0.326 e. The normalized spacial score (nSPS) is 21.8. The minimum absolute atomic E-state index is 0.0501. The summed E-state index contributed by atoms with van der Waals surface area (Å²) in [6.07, 6.45) is 1.74. The Morgan fingerprint density at radius 2 is 2.21 bits per heavy atom. The zero-order chi connectivity index (χ0) is 13.9. The molecule has 1 heterocycles. The van der Waals surface area contributed by atoms with E-state index in [-0.39, 0.29) is 29.8 Å². The second kappa shape index (κ2) is 6.05. The summed E-state index contributed by atoms with van der Waals surface area (Å²) >= 11 is 3.33. The van der Waals surface area contributed by atoms with Crippen molar-refractivity contribution in [1.29, 1.82) is 0 Å². The quantitative estimate of drug-likeness (QED) is 0.915. The van der Waals surface area contributed by atoms with E-state index >= 15 is 0 Å². The van der Waals surface area contributed by atoms with Gasteiger partial charge in [0.25, 0.3) is 0 Å². The van der Waals surface area contributed by atoms with Gasteiger partial charge in [-0.05, 0) is 37.0 Å². The number of nitrogens with one attached hydrogen (secondary N) is 1. The average Bonchev–Trinajstić information content (AvgIpc) is 2.27. The summed E-state index contributed by atoms with van der Waals surface area (Å²) in [4.78, 5) is 11.9. The zero-order valence-corrected chi connectivity index (χ0v) is 12.8. The van der Waals surface area contributed by atoms with Crippen molar-refractivity contribution in [3.05, 3.63) is 28.7 Å². The fourth-order valence-corrected chi connectivity index (χ4v) is 4.49. The summed E-state index contributed by atoms with van der Waals surface area (Å²) in [6.45, 7) is 0. The van der Waals surface area contributed by atoms with E-state index in [9.17, 15) is 13.2 Å². The first kappa shape index (κ1) is 14.5. The van der Waals surface area contributed by atoms with E-state index in [1.807, 2.05) is 18.2 Å². The largest absolute Gasteiger partial charge is 0.326 e. The van der Waals surface area contributed by atoms with Crippen molar-refractivity contribution >= 4 is 37.4 Å². The van der Waals surface area contributed by atoms with Crippen molar-refractivity contribution in [2.45, 2.75) is 19.3 Å². The highest BCUT2D eigenvalue weighted by atomic mass is 79.9. The van der Waals surface area contributed by atoms with Crippen LogP contribution in [0.15, 0.2) is 28.7 Å². The van der Waals surface area contributed by atoms with Crippen molar-refractivity contribution in [3.8, 4) is 0 Å². The van der Waals surface area contributed by atoms with Crippen LogP contribution in [0.5, 0.6) is 0 Å². The van der Waals surface area contributed by atoms with Gasteiger partial charge < -0.3 is 5.32 Å². The summed E-state index contributed by atoms with van der Waals surface area (Å²) in [7, 11) is -2.94. The number of anilines is 1. The van der Waals surface area contributed by atoms with Gasteiger partial charge in [-0.15, -0.1) is 0 Å². The third-order valence-electron chi connectivity index (χ3n) is 3.14. The standard InChI is InChI=1S/C13H16BrNO3S/c14-11-4-1-5-12(8-11)15-13(16)7-10-3-2-6-19(17,18)9-10/h1,4-5,8,10H,2-3,6-7,9H2,(H,15,16). The predicted octanol–water partition coefficient (Wildman–Crippen LogP) is 2.60. The molecule has 1 aliphatic rings. The van der Waals surface area contributed by atoms with Crippen LogP contribution in [0, 0.1) is 5.92 Å². The molecule has 0 radical (unpaired) electrons. The van der Waals surface area contributed by atoms with Crippen LogP contribution in [-0.4, -0.2) is 25.8 Å². The Morgan fingerprint density at radius 3 is 2.89 bits per heavy atom. The first-order chi connectivity index (χ1) is 8.94. The van der Waals surface area contributed by atoms with Crippen LogP contribution >= 0.6 is 15.9 Å². The molecule has 104 valence electrons. The highest BCUT2D eigenvalue weighted by Gasteiger charge is 2.26. The molecular weight excluding hydrogens is 330 g/mol. The number of halogens is 1. The fraction of sp³-hybridized carbons (Fsp3) is 0.462. The second-order valence-electron chi connectivity index (χ2n) is 4.89. The molecule has 1 fully saturated rings. The molecule has 1 aliphatic heterocycles. The molecule has 0 spiro atoms. The zero-order valence-electron chi connectivity index (χ0n) is 10.4. The average molecular weight is 346 g/mol. The van der Waals surface area contributed by atoms with E-state index in [2.05, 4.69) is 21.2 Å². The van der Waals surface area contributed by atoms with Crippen molar-refractivity contribution in [2.75, 3.05) is 16.8 Å². The van der Waals surface area contributed by atoms with E-state index in [1.165, 1.54) is 0 Å². The van der Waals surface area contributed by atoms with Crippen LogP contribution in [0.25, 0.3) is 0 Å². The van der Waals surface area contributed by atoms with Gasteiger partial charge in [-0.25, -0.2) is 8.42 Å². The molecule has 0 bridgehead atoms. The minimum atomic E-state index is -2.94. The molecule has 0 aliphatic carbocycles. The summed E-state index contributed by atoms with van der Waals surface area (Å²) < 4.78 is 23.9. The van der Waals surface area contributed by atoms with Gasteiger partial charge in [0, 0.05) is 16.6 Å². The van der Waals surface area contributed by atoms with Crippen LogP contribution in [0.2, 0.25) is 0 Å². The van der Waals surface area contributed by atoms with Gasteiger partial charge >= 0.3 is 0 Å². The SMILES string of the molecule is O=C(CC1CCCS(=O)(=O)C1)Nc1cccc(Br)c1. The van der Waals surface area contributed by atoms with E-state index < -0.39 is 9.84 Å². The number of carbonyl (C=O) groups is 1. The summed E-state index contributed by atoms with van der Waals surface area (Å²) in [5.41, 5.74) is 0.720. The van der Waals surface area contributed by atoms with Gasteiger partial charge in [0.05, 0.1) is 11.5 Å². The fourth-order valence-electron chi connectivity index (χ4n) is 2.32. The lowest BCUT2D eigenvalue weighted by Crippen LogP contribution is -2.28. The van der Waals surface area contributed by atoms with E-state index in [0.29, 0.717) is 6.42 Å². The number of sulfone groups is 1. The molecule has 4 nitrogen and oxygen atoms in total. The highest BCUT2D eigenvalue weighted by molar-refractivity contribution is 9.10.